The predicted molar refractivity (Wildman–Crippen MR) is 116 cm³/mol. The average Bonchev–Trinajstić information content (AvgIpc) is 2.80. The molecule has 0 bridgehead atoms. The second kappa shape index (κ2) is 9.09. The molecule has 0 radical (unpaired) electrons. The number of hydrogen-bond donors (Lipinski definition) is 1. The molecular weight excluding hydrogens is 414 g/mol. The van der Waals surface area contributed by atoms with Crippen molar-refractivity contribution in [1.82, 2.24) is 9.97 Å². The molecule has 4 rings (SSSR count). The van der Waals surface area contributed by atoms with E-state index >= 15 is 0 Å². The first-order valence-electron chi connectivity index (χ1n) is 9.64. The maximum Gasteiger partial charge on any atom is 0.411 e. The minimum Gasteiger partial charge on any atom is -0.454 e. The molecular formula is C23H17N3O6. The van der Waals surface area contributed by atoms with Crippen molar-refractivity contribution in [3.63, 3.8) is 0 Å². The van der Waals surface area contributed by atoms with Gasteiger partial charge in [-0.3, -0.25) is 15.1 Å². The molecule has 4 aromatic rings. The Balaban J connectivity index is 1.74. The topological polar surface area (TPSA) is 121 Å². The van der Waals surface area contributed by atoms with Crippen molar-refractivity contribution in [1.29, 1.82) is 0 Å². The molecule has 0 aliphatic rings. The lowest BCUT2D eigenvalue weighted by Gasteiger charge is -2.12. The normalized spacial score (nSPS) is 10.5. The number of esters is 1. The molecule has 1 amide bonds. The zero-order valence-electron chi connectivity index (χ0n) is 16.9. The number of pyridine rings is 2. The maximum atomic E-state index is 12.5. The number of nitrogens with zero attached hydrogens (tertiary/aromatic N) is 2. The number of ether oxygens (including phenoxy) is 2. The first-order chi connectivity index (χ1) is 15.5. The number of carbonyl (C=O) groups is 2. The molecule has 0 saturated heterocycles. The van der Waals surface area contributed by atoms with Gasteiger partial charge >= 0.3 is 12.1 Å². The molecule has 32 heavy (non-hydrogen) atoms. The fourth-order valence-corrected chi connectivity index (χ4v) is 2.94. The number of benzene rings is 1. The SMILES string of the molecule is CCOC(=O)Nc1cc(OC(=O)c2cccnc2)cnc1-c1cc(=O)c2ccccc2o1. The van der Waals surface area contributed by atoms with Crippen LogP contribution in [0.2, 0.25) is 0 Å². The molecule has 0 saturated carbocycles. The lowest BCUT2D eigenvalue weighted by molar-refractivity contribution is 0.0734. The summed E-state index contributed by atoms with van der Waals surface area (Å²) in [5, 5.41) is 2.96. The van der Waals surface area contributed by atoms with Crippen LogP contribution < -0.4 is 15.5 Å². The number of rotatable bonds is 5. The van der Waals surface area contributed by atoms with Crippen molar-refractivity contribution in [2.75, 3.05) is 11.9 Å². The van der Waals surface area contributed by atoms with E-state index in [4.69, 9.17) is 13.9 Å². The highest BCUT2D eigenvalue weighted by molar-refractivity contribution is 5.92. The van der Waals surface area contributed by atoms with Crippen LogP contribution >= 0.6 is 0 Å². The van der Waals surface area contributed by atoms with Gasteiger partial charge in [0.15, 0.2) is 16.9 Å². The van der Waals surface area contributed by atoms with E-state index in [9.17, 15) is 14.4 Å². The van der Waals surface area contributed by atoms with Crippen LogP contribution in [-0.2, 0) is 4.74 Å². The number of para-hydroxylation sites is 1. The lowest BCUT2D eigenvalue weighted by Crippen LogP contribution is -2.15. The minimum atomic E-state index is -0.741. The Kier molecular flexibility index (Phi) is 5.89. The molecule has 3 heterocycles. The van der Waals surface area contributed by atoms with Crippen molar-refractivity contribution in [2.45, 2.75) is 6.92 Å². The first-order valence-corrected chi connectivity index (χ1v) is 9.64. The van der Waals surface area contributed by atoms with Crippen LogP contribution in [-0.4, -0.2) is 28.6 Å². The standard InChI is InChI=1S/C23H17N3O6/c1-2-30-23(29)26-17-10-15(31-22(28)14-6-5-9-24-12-14)13-25-21(17)20-11-18(27)16-7-3-4-8-19(16)32-20/h3-13H,2H2,1H3,(H,26,29). The minimum absolute atomic E-state index is 0.0672. The molecule has 3 aromatic heterocycles. The summed E-state index contributed by atoms with van der Waals surface area (Å²) >= 11 is 0. The van der Waals surface area contributed by atoms with Crippen molar-refractivity contribution in [3.8, 4) is 17.2 Å². The number of carbonyl (C=O) groups excluding carboxylic acids is 2. The van der Waals surface area contributed by atoms with Gasteiger partial charge in [0.2, 0.25) is 0 Å². The Hall–Kier alpha value is -4.53. The molecule has 0 atom stereocenters. The van der Waals surface area contributed by atoms with Gasteiger partial charge in [-0.25, -0.2) is 14.6 Å². The fourth-order valence-electron chi connectivity index (χ4n) is 2.94. The quantitative estimate of drug-likeness (QED) is 0.470. The largest absolute Gasteiger partial charge is 0.454 e. The molecule has 9 heteroatoms. The number of anilines is 1. The van der Waals surface area contributed by atoms with Crippen molar-refractivity contribution in [3.05, 3.63) is 82.9 Å². The zero-order chi connectivity index (χ0) is 22.5. The average molecular weight is 431 g/mol. The van der Waals surface area contributed by atoms with E-state index in [-0.39, 0.29) is 40.5 Å². The van der Waals surface area contributed by atoms with Gasteiger partial charge in [-0.2, -0.15) is 0 Å². The molecule has 0 aliphatic heterocycles. The second-order valence-electron chi connectivity index (χ2n) is 6.51. The molecule has 1 aromatic carbocycles. The molecule has 0 fully saturated rings. The van der Waals surface area contributed by atoms with E-state index in [1.165, 1.54) is 30.7 Å². The van der Waals surface area contributed by atoms with E-state index < -0.39 is 12.1 Å². The van der Waals surface area contributed by atoms with E-state index in [0.717, 1.165) is 0 Å². The summed E-state index contributed by atoms with van der Waals surface area (Å²) in [5.41, 5.74) is 0.654. The van der Waals surface area contributed by atoms with E-state index in [0.29, 0.717) is 11.0 Å². The van der Waals surface area contributed by atoms with Crippen molar-refractivity contribution in [2.24, 2.45) is 0 Å². The first kappa shape index (κ1) is 20.7. The van der Waals surface area contributed by atoms with Gasteiger partial charge in [0.1, 0.15) is 11.3 Å². The molecule has 0 aliphatic carbocycles. The van der Waals surface area contributed by atoms with Gasteiger partial charge in [-0.1, -0.05) is 12.1 Å². The third kappa shape index (κ3) is 4.46. The van der Waals surface area contributed by atoms with Crippen LogP contribution in [0.1, 0.15) is 17.3 Å². The number of aromatic nitrogens is 2. The fraction of sp³-hybridized carbons (Fsp3) is 0.0870. The maximum absolute atomic E-state index is 12.5. The monoisotopic (exact) mass is 431 g/mol. The van der Waals surface area contributed by atoms with Gasteiger partial charge in [0.05, 0.1) is 29.4 Å². The Morgan fingerprint density at radius 1 is 1.09 bits per heavy atom. The number of hydrogen-bond acceptors (Lipinski definition) is 8. The molecule has 1 N–H and O–H groups in total. The summed E-state index contributed by atoms with van der Waals surface area (Å²) in [6.45, 7) is 1.81. The number of amides is 1. The van der Waals surface area contributed by atoms with Gasteiger partial charge < -0.3 is 13.9 Å². The van der Waals surface area contributed by atoms with Gasteiger partial charge in [-0.05, 0) is 31.2 Å². The highest BCUT2D eigenvalue weighted by Gasteiger charge is 2.18. The van der Waals surface area contributed by atoms with Gasteiger partial charge in [0, 0.05) is 24.5 Å². The summed E-state index contributed by atoms with van der Waals surface area (Å²) in [5.74, 6) is -0.449. The number of nitrogens with one attached hydrogen (secondary N) is 1. The predicted octanol–water partition coefficient (Wildman–Crippen LogP) is 4.04. The van der Waals surface area contributed by atoms with Crippen LogP contribution in [0.3, 0.4) is 0 Å². The van der Waals surface area contributed by atoms with Crippen molar-refractivity contribution < 1.29 is 23.5 Å². The van der Waals surface area contributed by atoms with Gasteiger partial charge in [0.25, 0.3) is 0 Å². The Labute approximate surface area is 181 Å². The Bertz CT molecular complexity index is 1350. The second-order valence-corrected chi connectivity index (χ2v) is 6.51. The van der Waals surface area contributed by atoms with Crippen LogP contribution in [0.4, 0.5) is 10.5 Å². The number of fused-ring (bicyclic) bond motifs is 1. The van der Waals surface area contributed by atoms with E-state index in [1.54, 1.807) is 43.3 Å². The highest BCUT2D eigenvalue weighted by atomic mass is 16.5. The van der Waals surface area contributed by atoms with Crippen LogP contribution in [0, 0.1) is 0 Å². The van der Waals surface area contributed by atoms with Crippen molar-refractivity contribution >= 4 is 28.7 Å². The lowest BCUT2D eigenvalue weighted by atomic mass is 10.1. The zero-order valence-corrected chi connectivity index (χ0v) is 16.9. The summed E-state index contributed by atoms with van der Waals surface area (Å²) < 4.78 is 16.1. The third-order valence-electron chi connectivity index (χ3n) is 4.35. The Morgan fingerprint density at radius 2 is 1.94 bits per heavy atom. The molecule has 0 unspecified atom stereocenters. The highest BCUT2D eigenvalue weighted by Crippen LogP contribution is 2.30. The summed E-state index contributed by atoms with van der Waals surface area (Å²) in [6, 6.07) is 12.6. The molecule has 9 nitrogen and oxygen atoms in total. The summed E-state index contributed by atoms with van der Waals surface area (Å²) in [6.07, 6.45) is 3.45. The van der Waals surface area contributed by atoms with Gasteiger partial charge in [-0.15, -0.1) is 0 Å². The summed E-state index contributed by atoms with van der Waals surface area (Å²) in [4.78, 5) is 45.0. The Morgan fingerprint density at radius 3 is 2.72 bits per heavy atom. The van der Waals surface area contributed by atoms with Crippen LogP contribution in [0.15, 0.2) is 76.3 Å². The van der Waals surface area contributed by atoms with E-state index in [2.05, 4.69) is 15.3 Å². The summed E-state index contributed by atoms with van der Waals surface area (Å²) in [7, 11) is 0. The molecule has 0 spiro atoms. The van der Waals surface area contributed by atoms with E-state index in [1.807, 2.05) is 0 Å². The molecule has 160 valence electrons. The smallest absolute Gasteiger partial charge is 0.411 e. The third-order valence-corrected chi connectivity index (χ3v) is 4.35. The van der Waals surface area contributed by atoms with Crippen LogP contribution in [0.25, 0.3) is 22.4 Å². The van der Waals surface area contributed by atoms with Crippen LogP contribution in [0.5, 0.6) is 5.75 Å².